The van der Waals surface area contributed by atoms with Crippen LogP contribution in [0.15, 0.2) is 4.99 Å². The number of hydrogen-bond donors (Lipinski definition) is 0. The van der Waals surface area contributed by atoms with Gasteiger partial charge in [-0.1, -0.05) is 19.3 Å². The van der Waals surface area contributed by atoms with E-state index in [-0.39, 0.29) is 0 Å². The van der Waals surface area contributed by atoms with Gasteiger partial charge in [-0.25, -0.2) is 0 Å². The number of nitrogens with zero attached hydrogens (tertiary/aromatic N) is 2. The second kappa shape index (κ2) is 3.69. The normalized spacial score (nSPS) is 37.7. The second-order valence-electron chi connectivity index (χ2n) is 4.42. The molecule has 1 saturated heterocycles. The largest absolute Gasteiger partial charge is 0.360 e. The highest BCUT2D eigenvalue weighted by atomic mass is 15.2. The van der Waals surface area contributed by atoms with Gasteiger partial charge in [0.05, 0.1) is 5.84 Å². The van der Waals surface area contributed by atoms with Gasteiger partial charge in [-0.2, -0.15) is 0 Å². The maximum Gasteiger partial charge on any atom is 0.0989 e. The van der Waals surface area contributed by atoms with Crippen LogP contribution in [0.2, 0.25) is 0 Å². The van der Waals surface area contributed by atoms with Gasteiger partial charge in [0, 0.05) is 26.6 Å². The summed E-state index contributed by atoms with van der Waals surface area (Å²) in [6, 6.07) is 0.807. The third-order valence-electron chi connectivity index (χ3n) is 3.73. The zero-order valence-corrected chi connectivity index (χ0v) is 8.79. The van der Waals surface area contributed by atoms with E-state index < -0.39 is 0 Å². The summed E-state index contributed by atoms with van der Waals surface area (Å²) < 4.78 is 0. The minimum absolute atomic E-state index is 0.807. The molecule has 2 heteroatoms. The van der Waals surface area contributed by atoms with Crippen LogP contribution in [0.25, 0.3) is 0 Å². The molecule has 0 spiro atoms. The van der Waals surface area contributed by atoms with Crippen LogP contribution in [0.3, 0.4) is 0 Å². The van der Waals surface area contributed by atoms with E-state index in [0.29, 0.717) is 0 Å². The van der Waals surface area contributed by atoms with E-state index in [4.69, 9.17) is 0 Å². The lowest BCUT2D eigenvalue weighted by Gasteiger charge is -2.23. The fraction of sp³-hybridized carbons (Fsp3) is 0.909. The van der Waals surface area contributed by atoms with Crippen LogP contribution < -0.4 is 0 Å². The Balaban J connectivity index is 2.11. The fourth-order valence-electron chi connectivity index (χ4n) is 2.93. The van der Waals surface area contributed by atoms with Crippen molar-refractivity contribution in [1.29, 1.82) is 0 Å². The van der Waals surface area contributed by atoms with Crippen molar-refractivity contribution in [3.05, 3.63) is 0 Å². The zero-order valence-electron chi connectivity index (χ0n) is 8.79. The molecule has 13 heavy (non-hydrogen) atoms. The summed E-state index contributed by atoms with van der Waals surface area (Å²) in [4.78, 5) is 6.79. The number of rotatable bonds is 0. The predicted molar refractivity (Wildman–Crippen MR) is 56.1 cm³/mol. The van der Waals surface area contributed by atoms with E-state index in [0.717, 1.165) is 12.0 Å². The number of amidine groups is 1. The van der Waals surface area contributed by atoms with E-state index in [1.54, 1.807) is 0 Å². The average Bonchev–Trinajstić information content (AvgIpc) is 2.37. The maximum absolute atomic E-state index is 4.37. The quantitative estimate of drug-likeness (QED) is 0.558. The summed E-state index contributed by atoms with van der Waals surface area (Å²) in [7, 11) is 4.15. The van der Waals surface area contributed by atoms with Crippen molar-refractivity contribution in [2.45, 2.75) is 44.6 Å². The molecule has 74 valence electrons. The van der Waals surface area contributed by atoms with Gasteiger partial charge in [-0.15, -0.1) is 0 Å². The summed E-state index contributed by atoms with van der Waals surface area (Å²) >= 11 is 0. The van der Waals surface area contributed by atoms with Crippen molar-refractivity contribution in [2.75, 3.05) is 14.1 Å². The van der Waals surface area contributed by atoms with Gasteiger partial charge in [-0.05, 0) is 18.8 Å². The van der Waals surface area contributed by atoms with Crippen LogP contribution in [-0.4, -0.2) is 30.9 Å². The smallest absolute Gasteiger partial charge is 0.0989 e. The van der Waals surface area contributed by atoms with Gasteiger partial charge in [0.1, 0.15) is 0 Å². The van der Waals surface area contributed by atoms with Crippen molar-refractivity contribution in [3.63, 3.8) is 0 Å². The molecule has 0 aromatic carbocycles. The standard InChI is InChI=1S/C11H20N2/c1-12-11-8-9-6-4-3-5-7-10(9)13(11)2/h9-10H,3-8H2,1-2H3/b12-11-. The molecule has 0 aromatic heterocycles. The summed E-state index contributed by atoms with van der Waals surface area (Å²) in [5.74, 6) is 2.24. The molecular formula is C11H20N2. The molecule has 0 amide bonds. The van der Waals surface area contributed by atoms with Gasteiger partial charge in [-0.3, -0.25) is 4.99 Å². The van der Waals surface area contributed by atoms with Crippen molar-refractivity contribution in [3.8, 4) is 0 Å². The van der Waals surface area contributed by atoms with Crippen LogP contribution in [-0.2, 0) is 0 Å². The third kappa shape index (κ3) is 1.59. The molecule has 1 aliphatic carbocycles. The first kappa shape index (κ1) is 9.04. The maximum atomic E-state index is 4.37. The first-order valence-electron chi connectivity index (χ1n) is 5.51. The molecule has 0 bridgehead atoms. The van der Waals surface area contributed by atoms with E-state index in [1.807, 2.05) is 7.05 Å². The monoisotopic (exact) mass is 180 g/mol. The van der Waals surface area contributed by atoms with Crippen molar-refractivity contribution < 1.29 is 0 Å². The summed E-state index contributed by atoms with van der Waals surface area (Å²) in [5, 5.41) is 0. The third-order valence-corrected chi connectivity index (χ3v) is 3.73. The predicted octanol–water partition coefficient (Wildman–Crippen LogP) is 2.30. The molecule has 2 atom stereocenters. The molecule has 2 rings (SSSR count). The number of hydrogen-bond acceptors (Lipinski definition) is 1. The Labute approximate surface area is 81.0 Å². The van der Waals surface area contributed by atoms with Gasteiger partial charge in [0.2, 0.25) is 0 Å². The van der Waals surface area contributed by atoms with Gasteiger partial charge >= 0.3 is 0 Å². The van der Waals surface area contributed by atoms with Gasteiger partial charge in [0.15, 0.2) is 0 Å². The van der Waals surface area contributed by atoms with Crippen molar-refractivity contribution >= 4 is 5.84 Å². The zero-order chi connectivity index (χ0) is 9.26. The highest BCUT2D eigenvalue weighted by Crippen LogP contribution is 2.35. The first-order chi connectivity index (χ1) is 6.33. The van der Waals surface area contributed by atoms with E-state index in [2.05, 4.69) is 16.9 Å². The molecule has 0 aromatic rings. The molecule has 1 saturated carbocycles. The molecule has 2 fully saturated rings. The number of likely N-dealkylation sites (tertiary alicyclic amines) is 1. The molecule has 0 N–H and O–H groups in total. The lowest BCUT2D eigenvalue weighted by atomic mass is 9.95. The van der Waals surface area contributed by atoms with Crippen LogP contribution in [0.4, 0.5) is 0 Å². The molecular weight excluding hydrogens is 160 g/mol. The molecule has 1 heterocycles. The van der Waals surface area contributed by atoms with Crippen molar-refractivity contribution in [2.24, 2.45) is 10.9 Å². The van der Waals surface area contributed by atoms with Gasteiger partial charge < -0.3 is 4.90 Å². The minimum atomic E-state index is 0.807. The van der Waals surface area contributed by atoms with Crippen LogP contribution in [0.5, 0.6) is 0 Å². The fourth-order valence-corrected chi connectivity index (χ4v) is 2.93. The van der Waals surface area contributed by atoms with E-state index in [9.17, 15) is 0 Å². The number of aliphatic imine (C=N–C) groups is 1. The topological polar surface area (TPSA) is 15.6 Å². The minimum Gasteiger partial charge on any atom is -0.360 e. The summed E-state index contributed by atoms with van der Waals surface area (Å²) in [6.07, 6.45) is 8.35. The highest BCUT2D eigenvalue weighted by Gasteiger charge is 2.35. The Hall–Kier alpha value is -0.530. The van der Waals surface area contributed by atoms with Crippen LogP contribution in [0, 0.1) is 5.92 Å². The summed E-state index contributed by atoms with van der Waals surface area (Å²) in [6.45, 7) is 0. The Morgan fingerprint density at radius 2 is 2.00 bits per heavy atom. The molecule has 2 aliphatic rings. The van der Waals surface area contributed by atoms with Crippen molar-refractivity contribution in [1.82, 2.24) is 4.90 Å². The highest BCUT2D eigenvalue weighted by molar-refractivity contribution is 5.84. The van der Waals surface area contributed by atoms with E-state index in [1.165, 1.54) is 44.4 Å². The molecule has 2 nitrogen and oxygen atoms in total. The lowest BCUT2D eigenvalue weighted by molar-refractivity contribution is 0.299. The van der Waals surface area contributed by atoms with Crippen LogP contribution in [0.1, 0.15) is 38.5 Å². The summed E-state index contributed by atoms with van der Waals surface area (Å²) in [5.41, 5.74) is 0. The Morgan fingerprint density at radius 3 is 2.77 bits per heavy atom. The molecule has 2 unspecified atom stereocenters. The lowest BCUT2D eigenvalue weighted by Crippen LogP contribution is -2.30. The SMILES string of the molecule is C/N=C1/CC2CCCCCC2N1C. The molecule has 0 radical (unpaired) electrons. The Morgan fingerprint density at radius 1 is 1.23 bits per heavy atom. The Bertz CT molecular complexity index is 210. The van der Waals surface area contributed by atoms with E-state index >= 15 is 0 Å². The van der Waals surface area contributed by atoms with Crippen LogP contribution >= 0.6 is 0 Å². The second-order valence-corrected chi connectivity index (χ2v) is 4.42. The van der Waals surface area contributed by atoms with Gasteiger partial charge in [0.25, 0.3) is 0 Å². The average molecular weight is 180 g/mol. The number of fused-ring (bicyclic) bond motifs is 1. The Kier molecular flexibility index (Phi) is 2.56. The molecule has 1 aliphatic heterocycles. The first-order valence-corrected chi connectivity index (χ1v) is 5.51.